The first kappa shape index (κ1) is 23.7. The van der Waals surface area contributed by atoms with Crippen molar-refractivity contribution in [1.82, 2.24) is 24.4 Å². The second kappa shape index (κ2) is 9.68. The molecule has 1 saturated carbocycles. The summed E-state index contributed by atoms with van der Waals surface area (Å²) in [6, 6.07) is 9.85. The van der Waals surface area contributed by atoms with Gasteiger partial charge in [0, 0.05) is 59.9 Å². The smallest absolute Gasteiger partial charge is 0.263 e. The third kappa shape index (κ3) is 4.86. The van der Waals surface area contributed by atoms with Gasteiger partial charge in [-0.1, -0.05) is 0 Å². The Morgan fingerprint density at radius 2 is 1.86 bits per heavy atom. The molecule has 4 aromatic rings. The van der Waals surface area contributed by atoms with Crippen LogP contribution in [-0.4, -0.2) is 63.4 Å². The lowest BCUT2D eigenvalue weighted by Crippen LogP contribution is -2.44. The normalized spacial score (nSPS) is 16.3. The number of benzene rings is 1. The number of rotatable bonds is 7. The Balaban J connectivity index is 1.31. The number of nitrogens with one attached hydrogen (secondary N) is 1. The van der Waals surface area contributed by atoms with Gasteiger partial charge in [0.25, 0.3) is 5.56 Å². The van der Waals surface area contributed by atoms with Crippen molar-refractivity contribution in [2.45, 2.75) is 32.2 Å². The van der Waals surface area contributed by atoms with Gasteiger partial charge in [-0.2, -0.15) is 4.98 Å². The molecule has 0 unspecified atom stereocenters. The lowest BCUT2D eigenvalue weighted by Gasteiger charge is -2.34. The van der Waals surface area contributed by atoms with E-state index in [0.29, 0.717) is 29.4 Å². The van der Waals surface area contributed by atoms with Crippen LogP contribution in [0.5, 0.6) is 0 Å². The van der Waals surface area contributed by atoms with Gasteiger partial charge in [-0.3, -0.25) is 14.2 Å². The van der Waals surface area contributed by atoms with Crippen molar-refractivity contribution in [3.8, 4) is 0 Å². The zero-order valence-corrected chi connectivity index (χ0v) is 21.8. The first-order chi connectivity index (χ1) is 18.0. The van der Waals surface area contributed by atoms with Crippen LogP contribution in [0.2, 0.25) is 0 Å². The van der Waals surface area contributed by atoms with Crippen LogP contribution < -0.4 is 15.8 Å². The van der Waals surface area contributed by atoms with Gasteiger partial charge in [0.15, 0.2) is 5.78 Å². The van der Waals surface area contributed by atoms with Gasteiger partial charge in [-0.25, -0.2) is 9.97 Å². The highest BCUT2D eigenvalue weighted by Gasteiger charge is 2.29. The molecule has 1 aromatic carbocycles. The summed E-state index contributed by atoms with van der Waals surface area (Å²) in [5.74, 6) is 0.602. The fraction of sp³-hybridized carbons (Fsp3) is 0.370. The van der Waals surface area contributed by atoms with Crippen LogP contribution >= 0.6 is 11.3 Å². The van der Waals surface area contributed by atoms with E-state index in [1.54, 1.807) is 28.2 Å². The Morgan fingerprint density at radius 1 is 1.11 bits per heavy atom. The SMILES string of the molecule is CC(=O)c1cc2cnc(Nc3ccc(N4CCN(C)CC4)cc3)nc2n(Cc2scnc2C2CC2)c1=O. The minimum absolute atomic E-state index is 0.147. The van der Waals surface area contributed by atoms with Crippen LogP contribution in [0.25, 0.3) is 11.0 Å². The Hall–Kier alpha value is -3.63. The van der Waals surface area contributed by atoms with Crippen molar-refractivity contribution < 1.29 is 4.79 Å². The maximum absolute atomic E-state index is 13.4. The zero-order valence-electron chi connectivity index (χ0n) is 21.0. The van der Waals surface area contributed by atoms with Gasteiger partial charge in [0.1, 0.15) is 5.65 Å². The highest BCUT2D eigenvalue weighted by atomic mass is 32.1. The highest BCUT2D eigenvalue weighted by molar-refractivity contribution is 7.09. The van der Waals surface area contributed by atoms with Crippen LogP contribution in [0.15, 0.2) is 46.8 Å². The second-order valence-electron chi connectivity index (χ2n) is 9.88. The van der Waals surface area contributed by atoms with Gasteiger partial charge in [-0.15, -0.1) is 11.3 Å². The Labute approximate surface area is 218 Å². The molecule has 3 aromatic heterocycles. The Morgan fingerprint density at radius 3 is 2.57 bits per heavy atom. The van der Waals surface area contributed by atoms with E-state index in [1.807, 2.05) is 17.6 Å². The molecule has 37 heavy (non-hydrogen) atoms. The number of fused-ring (bicyclic) bond motifs is 1. The van der Waals surface area contributed by atoms with Crippen LogP contribution in [-0.2, 0) is 6.54 Å². The minimum atomic E-state index is -0.337. The highest BCUT2D eigenvalue weighted by Crippen LogP contribution is 2.42. The van der Waals surface area contributed by atoms with Gasteiger partial charge in [-0.05, 0) is 57.1 Å². The maximum Gasteiger partial charge on any atom is 0.263 e. The molecule has 9 nitrogen and oxygen atoms in total. The summed E-state index contributed by atoms with van der Waals surface area (Å²) in [5, 5.41) is 3.93. The topological polar surface area (TPSA) is 96.2 Å². The molecule has 0 amide bonds. The third-order valence-electron chi connectivity index (χ3n) is 7.14. The number of piperazine rings is 1. The fourth-order valence-corrected chi connectivity index (χ4v) is 5.64. The molecule has 6 rings (SSSR count). The van der Waals surface area contributed by atoms with Crippen LogP contribution in [0.1, 0.15) is 46.6 Å². The van der Waals surface area contributed by atoms with Crippen molar-refractivity contribution in [3.63, 3.8) is 0 Å². The molecule has 1 saturated heterocycles. The number of pyridine rings is 1. The molecule has 0 radical (unpaired) electrons. The standard InChI is InChI=1S/C27H29N7O2S/c1-17(35)22-13-19-14-28-27(30-20-5-7-21(8-6-20)33-11-9-32(2)10-12-33)31-25(19)34(26(22)36)15-23-24(18-3-4-18)29-16-37-23/h5-8,13-14,16,18H,3-4,9-12,15H2,1-2H3,(H,28,30,31). The van der Waals surface area contributed by atoms with E-state index in [4.69, 9.17) is 4.98 Å². The lowest BCUT2D eigenvalue weighted by molar-refractivity contribution is 0.101. The molecule has 2 fully saturated rings. The van der Waals surface area contributed by atoms with E-state index < -0.39 is 0 Å². The Kier molecular flexibility index (Phi) is 6.21. The molecule has 0 bridgehead atoms. The number of ketones is 1. The average molecular weight is 516 g/mol. The van der Waals surface area contributed by atoms with Crippen LogP contribution in [0.3, 0.4) is 0 Å². The van der Waals surface area contributed by atoms with E-state index in [-0.39, 0.29) is 16.9 Å². The van der Waals surface area contributed by atoms with Crippen molar-refractivity contribution in [3.05, 3.63) is 68.5 Å². The molecule has 0 spiro atoms. The van der Waals surface area contributed by atoms with E-state index >= 15 is 0 Å². The predicted octanol–water partition coefficient (Wildman–Crippen LogP) is 3.87. The van der Waals surface area contributed by atoms with E-state index in [0.717, 1.165) is 55.3 Å². The maximum atomic E-state index is 13.4. The summed E-state index contributed by atoms with van der Waals surface area (Å²) >= 11 is 1.54. The number of Topliss-reactive ketones (excluding diaryl/α,β-unsaturated/α-hetero) is 1. The molecule has 1 N–H and O–H groups in total. The van der Waals surface area contributed by atoms with Gasteiger partial charge >= 0.3 is 0 Å². The van der Waals surface area contributed by atoms with Crippen molar-refractivity contribution in [2.24, 2.45) is 0 Å². The second-order valence-corrected chi connectivity index (χ2v) is 10.8. The molecular weight excluding hydrogens is 486 g/mol. The summed E-state index contributed by atoms with van der Waals surface area (Å²) in [4.78, 5) is 45.1. The van der Waals surface area contributed by atoms with Crippen molar-refractivity contribution in [1.29, 1.82) is 0 Å². The van der Waals surface area contributed by atoms with Gasteiger partial charge in [0.2, 0.25) is 5.95 Å². The number of hydrogen-bond donors (Lipinski definition) is 1. The number of likely N-dealkylation sites (N-methyl/N-ethyl adjacent to an activating group) is 1. The number of hydrogen-bond acceptors (Lipinski definition) is 9. The Bertz CT molecular complexity index is 1520. The molecular formula is C27H29N7O2S. The van der Waals surface area contributed by atoms with Gasteiger partial charge in [0.05, 0.1) is 23.3 Å². The molecule has 10 heteroatoms. The van der Waals surface area contributed by atoms with E-state index in [1.165, 1.54) is 12.6 Å². The first-order valence-electron chi connectivity index (χ1n) is 12.6. The molecule has 0 atom stereocenters. The first-order valence-corrected chi connectivity index (χ1v) is 13.5. The fourth-order valence-electron chi connectivity index (χ4n) is 4.80. The molecule has 1 aliphatic heterocycles. The predicted molar refractivity (Wildman–Crippen MR) is 146 cm³/mol. The number of carbonyl (C=O) groups is 1. The van der Waals surface area contributed by atoms with Crippen molar-refractivity contribution >= 4 is 45.5 Å². The summed E-state index contributed by atoms with van der Waals surface area (Å²) in [6.45, 7) is 5.89. The average Bonchev–Trinajstić information content (AvgIpc) is 3.64. The third-order valence-corrected chi connectivity index (χ3v) is 7.97. The molecule has 190 valence electrons. The minimum Gasteiger partial charge on any atom is -0.369 e. The summed E-state index contributed by atoms with van der Waals surface area (Å²) in [6.07, 6.45) is 3.92. The number of anilines is 3. The number of aromatic nitrogens is 4. The number of thiazole rings is 1. The summed E-state index contributed by atoms with van der Waals surface area (Å²) < 4.78 is 1.59. The summed E-state index contributed by atoms with van der Waals surface area (Å²) in [5.41, 5.74) is 5.26. The largest absolute Gasteiger partial charge is 0.369 e. The van der Waals surface area contributed by atoms with Crippen LogP contribution in [0.4, 0.5) is 17.3 Å². The van der Waals surface area contributed by atoms with E-state index in [2.05, 4.69) is 44.3 Å². The number of nitrogens with zero attached hydrogens (tertiary/aromatic N) is 6. The quantitative estimate of drug-likeness (QED) is 0.371. The molecule has 1 aliphatic carbocycles. The van der Waals surface area contributed by atoms with Crippen molar-refractivity contribution in [2.75, 3.05) is 43.4 Å². The molecule has 2 aliphatic rings. The zero-order chi connectivity index (χ0) is 25.5. The lowest BCUT2D eigenvalue weighted by atomic mass is 10.1. The van der Waals surface area contributed by atoms with Crippen LogP contribution in [0, 0.1) is 0 Å². The van der Waals surface area contributed by atoms with Gasteiger partial charge < -0.3 is 15.1 Å². The van der Waals surface area contributed by atoms with E-state index in [9.17, 15) is 9.59 Å². The number of carbonyl (C=O) groups excluding carboxylic acids is 1. The molecule has 4 heterocycles. The monoisotopic (exact) mass is 515 g/mol. The summed E-state index contributed by atoms with van der Waals surface area (Å²) in [7, 11) is 2.15.